The third-order valence-corrected chi connectivity index (χ3v) is 4.15. The van der Waals surface area contributed by atoms with Crippen LogP contribution in [-0.4, -0.2) is 30.7 Å². The van der Waals surface area contributed by atoms with E-state index in [1.807, 2.05) is 0 Å². The SMILES string of the molecule is C#CC[N+]1(CC#CC2=CCCCC2)CCCCC1.[Br-]. The average molecular weight is 322 g/mol. The highest BCUT2D eigenvalue weighted by Crippen LogP contribution is 2.19. The molecule has 2 aliphatic rings. The predicted molar refractivity (Wildman–Crippen MR) is 76.7 cm³/mol. The van der Waals surface area contributed by atoms with Crippen LogP contribution in [0.25, 0.3) is 0 Å². The monoisotopic (exact) mass is 321 g/mol. The third-order valence-electron chi connectivity index (χ3n) is 4.15. The van der Waals surface area contributed by atoms with E-state index in [4.69, 9.17) is 6.42 Å². The fraction of sp³-hybridized carbons (Fsp3) is 0.647. The van der Waals surface area contributed by atoms with Gasteiger partial charge in [-0.1, -0.05) is 12.0 Å². The van der Waals surface area contributed by atoms with Crippen LogP contribution >= 0.6 is 0 Å². The number of quaternary nitrogens is 1. The Labute approximate surface area is 128 Å². The summed E-state index contributed by atoms with van der Waals surface area (Å²) >= 11 is 0. The first-order chi connectivity index (χ1) is 8.85. The van der Waals surface area contributed by atoms with Gasteiger partial charge in [0.1, 0.15) is 13.1 Å². The quantitative estimate of drug-likeness (QED) is 0.501. The van der Waals surface area contributed by atoms with Crippen LogP contribution in [0.1, 0.15) is 44.9 Å². The molecule has 1 saturated heterocycles. The zero-order valence-corrected chi connectivity index (χ0v) is 13.3. The van der Waals surface area contributed by atoms with Crippen LogP contribution in [0.5, 0.6) is 0 Å². The lowest BCUT2D eigenvalue weighted by Gasteiger charge is -2.38. The topological polar surface area (TPSA) is 0 Å². The van der Waals surface area contributed by atoms with E-state index in [0.717, 1.165) is 17.6 Å². The Bertz CT molecular complexity index is 399. The number of allylic oxidation sites excluding steroid dienone is 2. The smallest absolute Gasteiger partial charge is 0.142 e. The van der Waals surface area contributed by atoms with Crippen molar-refractivity contribution in [2.75, 3.05) is 26.2 Å². The van der Waals surface area contributed by atoms with Crippen molar-refractivity contribution in [3.8, 4) is 24.2 Å². The summed E-state index contributed by atoms with van der Waals surface area (Å²) in [6.07, 6.45) is 16.9. The average Bonchev–Trinajstić information content (AvgIpc) is 2.41. The summed E-state index contributed by atoms with van der Waals surface area (Å²) in [5.74, 6) is 9.64. The normalized spacial score (nSPS) is 21.1. The molecule has 1 nitrogen and oxygen atoms in total. The minimum absolute atomic E-state index is 0. The molecule has 0 radical (unpaired) electrons. The minimum Gasteiger partial charge on any atom is -1.00 e. The maximum Gasteiger partial charge on any atom is 0.142 e. The maximum atomic E-state index is 5.53. The number of hydrogen-bond donors (Lipinski definition) is 0. The van der Waals surface area contributed by atoms with Gasteiger partial charge in [-0.05, 0) is 62.4 Å². The number of likely N-dealkylation sites (tertiary alicyclic amines) is 1. The van der Waals surface area contributed by atoms with Crippen LogP contribution in [-0.2, 0) is 0 Å². The van der Waals surface area contributed by atoms with Gasteiger partial charge >= 0.3 is 0 Å². The van der Waals surface area contributed by atoms with Gasteiger partial charge < -0.3 is 21.5 Å². The molecule has 0 saturated carbocycles. The number of nitrogens with zero attached hydrogens (tertiary/aromatic N) is 1. The van der Waals surface area contributed by atoms with Crippen molar-refractivity contribution < 1.29 is 21.5 Å². The van der Waals surface area contributed by atoms with Crippen molar-refractivity contribution in [3.05, 3.63) is 11.6 Å². The molecule has 0 bridgehead atoms. The number of halogens is 1. The van der Waals surface area contributed by atoms with E-state index in [1.54, 1.807) is 0 Å². The molecular formula is C17H24BrN. The molecule has 1 fully saturated rings. The van der Waals surface area contributed by atoms with E-state index < -0.39 is 0 Å². The van der Waals surface area contributed by atoms with Crippen LogP contribution in [0.3, 0.4) is 0 Å². The lowest BCUT2D eigenvalue weighted by molar-refractivity contribution is -0.919. The Balaban J connectivity index is 0.00000180. The molecule has 0 N–H and O–H groups in total. The van der Waals surface area contributed by atoms with Gasteiger partial charge in [0, 0.05) is 0 Å². The van der Waals surface area contributed by atoms with Gasteiger partial charge in [0.2, 0.25) is 0 Å². The van der Waals surface area contributed by atoms with Gasteiger partial charge in [-0.15, -0.1) is 6.42 Å². The largest absolute Gasteiger partial charge is 1.00 e. The zero-order chi connectivity index (χ0) is 12.7. The number of piperidine rings is 1. The molecule has 19 heavy (non-hydrogen) atoms. The molecule has 0 aromatic carbocycles. The Morgan fingerprint density at radius 2 is 1.84 bits per heavy atom. The fourth-order valence-corrected chi connectivity index (χ4v) is 3.02. The predicted octanol–water partition coefficient (Wildman–Crippen LogP) is 0.128. The van der Waals surface area contributed by atoms with E-state index in [2.05, 4.69) is 23.8 Å². The third kappa shape index (κ3) is 5.06. The van der Waals surface area contributed by atoms with Gasteiger partial charge in [0.25, 0.3) is 0 Å². The Hall–Kier alpha value is -0.700. The Morgan fingerprint density at radius 1 is 1.05 bits per heavy atom. The summed E-state index contributed by atoms with van der Waals surface area (Å²) in [6.45, 7) is 4.24. The molecule has 1 heterocycles. The molecule has 0 unspecified atom stereocenters. The van der Waals surface area contributed by atoms with Gasteiger partial charge in [-0.25, -0.2) is 0 Å². The summed E-state index contributed by atoms with van der Waals surface area (Å²) in [5.41, 5.74) is 1.36. The Kier molecular flexibility index (Phi) is 7.29. The maximum absolute atomic E-state index is 5.53. The highest BCUT2D eigenvalue weighted by Gasteiger charge is 2.27. The van der Waals surface area contributed by atoms with Crippen molar-refractivity contribution >= 4 is 0 Å². The molecule has 2 heteroatoms. The molecule has 0 atom stereocenters. The first-order valence-electron chi connectivity index (χ1n) is 7.31. The molecule has 0 aromatic rings. The van der Waals surface area contributed by atoms with Crippen LogP contribution < -0.4 is 17.0 Å². The molecule has 1 aliphatic heterocycles. The van der Waals surface area contributed by atoms with Crippen LogP contribution in [0.15, 0.2) is 11.6 Å². The van der Waals surface area contributed by atoms with Gasteiger partial charge in [0.15, 0.2) is 0 Å². The fourth-order valence-electron chi connectivity index (χ4n) is 3.02. The molecular weight excluding hydrogens is 298 g/mol. The second kappa shape index (κ2) is 8.47. The first kappa shape index (κ1) is 16.4. The van der Waals surface area contributed by atoms with E-state index >= 15 is 0 Å². The summed E-state index contributed by atoms with van der Waals surface area (Å²) in [4.78, 5) is 0. The van der Waals surface area contributed by atoms with Crippen LogP contribution in [0.2, 0.25) is 0 Å². The van der Waals surface area contributed by atoms with Crippen LogP contribution in [0, 0.1) is 24.2 Å². The molecule has 0 aromatic heterocycles. The second-order valence-electron chi connectivity index (χ2n) is 5.65. The standard InChI is InChI=1S/C17H24N.BrH/c1-2-13-18(14-7-4-8-15-18)16-9-12-17-10-5-3-6-11-17;/h1,10H,3-8,11,13-16H2;1H/q+1;/p-1. The number of rotatable bonds is 2. The number of hydrogen-bond acceptors (Lipinski definition) is 0. The minimum atomic E-state index is 0. The molecule has 1 aliphatic carbocycles. The van der Waals surface area contributed by atoms with Gasteiger partial charge in [-0.3, -0.25) is 0 Å². The zero-order valence-electron chi connectivity index (χ0n) is 11.8. The molecule has 0 amide bonds. The second-order valence-corrected chi connectivity index (χ2v) is 5.65. The van der Waals surface area contributed by atoms with E-state index in [1.165, 1.54) is 63.6 Å². The molecule has 104 valence electrons. The summed E-state index contributed by atoms with van der Waals surface area (Å²) in [7, 11) is 0. The summed E-state index contributed by atoms with van der Waals surface area (Å²) in [6, 6.07) is 0. The van der Waals surface area contributed by atoms with E-state index in [9.17, 15) is 0 Å². The Morgan fingerprint density at radius 3 is 2.47 bits per heavy atom. The molecule has 2 rings (SSSR count). The van der Waals surface area contributed by atoms with Gasteiger partial charge in [0.05, 0.1) is 13.1 Å². The lowest BCUT2D eigenvalue weighted by Crippen LogP contribution is -3.00. The van der Waals surface area contributed by atoms with Crippen molar-refractivity contribution in [2.24, 2.45) is 0 Å². The lowest BCUT2D eigenvalue weighted by atomic mass is 10.00. The van der Waals surface area contributed by atoms with Crippen molar-refractivity contribution in [3.63, 3.8) is 0 Å². The van der Waals surface area contributed by atoms with Crippen molar-refractivity contribution in [1.82, 2.24) is 0 Å². The summed E-state index contributed by atoms with van der Waals surface area (Å²) < 4.78 is 1.04. The summed E-state index contributed by atoms with van der Waals surface area (Å²) in [5, 5.41) is 0. The van der Waals surface area contributed by atoms with E-state index in [0.29, 0.717) is 0 Å². The highest BCUT2D eigenvalue weighted by atomic mass is 79.9. The number of terminal acetylenes is 1. The van der Waals surface area contributed by atoms with E-state index in [-0.39, 0.29) is 17.0 Å². The highest BCUT2D eigenvalue weighted by molar-refractivity contribution is 5.29. The first-order valence-corrected chi connectivity index (χ1v) is 7.31. The van der Waals surface area contributed by atoms with Crippen molar-refractivity contribution in [1.29, 1.82) is 0 Å². The van der Waals surface area contributed by atoms with Crippen LogP contribution in [0.4, 0.5) is 0 Å². The van der Waals surface area contributed by atoms with Crippen molar-refractivity contribution in [2.45, 2.75) is 44.9 Å². The molecule has 0 spiro atoms. The van der Waals surface area contributed by atoms with Gasteiger partial charge in [-0.2, -0.15) is 0 Å².